The number of hydrogen-bond donors (Lipinski definition) is 0. The number of aryl methyl sites for hydroxylation is 1. The van der Waals surface area contributed by atoms with Gasteiger partial charge in [-0.1, -0.05) is 52.0 Å². The molecule has 0 aliphatic heterocycles. The summed E-state index contributed by atoms with van der Waals surface area (Å²) in [6.45, 7) is 7.83. The Morgan fingerprint density at radius 3 is 2.38 bits per heavy atom. The summed E-state index contributed by atoms with van der Waals surface area (Å²) < 4.78 is 1.53. The van der Waals surface area contributed by atoms with Crippen LogP contribution in [-0.4, -0.2) is 20.5 Å². The fourth-order valence-corrected chi connectivity index (χ4v) is 1.96. The van der Waals surface area contributed by atoms with Gasteiger partial charge in [0.2, 0.25) is 0 Å². The number of benzene rings is 1. The second-order valence-corrected chi connectivity index (χ2v) is 6.04. The van der Waals surface area contributed by atoms with Crippen LogP contribution in [0.5, 0.6) is 0 Å². The van der Waals surface area contributed by atoms with Crippen LogP contribution in [-0.2, 0) is 11.2 Å². The summed E-state index contributed by atoms with van der Waals surface area (Å²) in [5.74, 6) is 0.0348. The SMILES string of the molecule is CCc1ccc(/C=C(/C(=O)C(C)(C)C)n2cncn2)cc1. The third-order valence-corrected chi connectivity index (χ3v) is 3.27. The summed E-state index contributed by atoms with van der Waals surface area (Å²) in [4.78, 5) is 16.6. The molecule has 110 valence electrons. The molecular formula is C17H21N3O. The average molecular weight is 283 g/mol. The number of carbonyl (C=O) groups is 1. The Morgan fingerprint density at radius 1 is 1.24 bits per heavy atom. The van der Waals surface area contributed by atoms with Gasteiger partial charge in [-0.25, -0.2) is 9.67 Å². The Morgan fingerprint density at radius 2 is 1.90 bits per heavy atom. The molecule has 0 bridgehead atoms. The van der Waals surface area contributed by atoms with Crippen molar-refractivity contribution in [1.29, 1.82) is 0 Å². The van der Waals surface area contributed by atoms with Crippen LogP contribution >= 0.6 is 0 Å². The normalized spacial score (nSPS) is 12.5. The zero-order valence-electron chi connectivity index (χ0n) is 13.0. The minimum atomic E-state index is -0.471. The molecule has 0 saturated carbocycles. The smallest absolute Gasteiger partial charge is 0.186 e. The molecule has 0 amide bonds. The van der Waals surface area contributed by atoms with E-state index < -0.39 is 5.41 Å². The molecule has 2 aromatic rings. The molecule has 2 rings (SSSR count). The van der Waals surface area contributed by atoms with Crippen LogP contribution in [0.1, 0.15) is 38.8 Å². The van der Waals surface area contributed by atoms with Gasteiger partial charge in [0.1, 0.15) is 18.4 Å². The van der Waals surface area contributed by atoms with Crippen LogP contribution in [0.25, 0.3) is 11.8 Å². The van der Waals surface area contributed by atoms with Gasteiger partial charge in [0.25, 0.3) is 0 Å². The third kappa shape index (κ3) is 3.66. The first-order valence-electron chi connectivity index (χ1n) is 7.12. The van der Waals surface area contributed by atoms with Crippen LogP contribution in [0, 0.1) is 5.41 Å². The zero-order valence-corrected chi connectivity index (χ0v) is 13.0. The van der Waals surface area contributed by atoms with Crippen molar-refractivity contribution >= 4 is 17.6 Å². The van der Waals surface area contributed by atoms with Crippen LogP contribution in [0.3, 0.4) is 0 Å². The first kappa shape index (κ1) is 15.2. The van der Waals surface area contributed by atoms with Crippen molar-refractivity contribution in [1.82, 2.24) is 14.8 Å². The van der Waals surface area contributed by atoms with Gasteiger partial charge in [-0.3, -0.25) is 4.79 Å². The van der Waals surface area contributed by atoms with Crippen molar-refractivity contribution < 1.29 is 4.79 Å². The summed E-state index contributed by atoms with van der Waals surface area (Å²) in [5, 5.41) is 4.10. The second-order valence-electron chi connectivity index (χ2n) is 6.04. The number of ketones is 1. The van der Waals surface area contributed by atoms with Crippen molar-refractivity contribution in [3.63, 3.8) is 0 Å². The molecular weight excluding hydrogens is 262 g/mol. The maximum atomic E-state index is 12.6. The molecule has 0 aliphatic rings. The lowest BCUT2D eigenvalue weighted by Crippen LogP contribution is -2.24. The highest BCUT2D eigenvalue weighted by Crippen LogP contribution is 2.24. The first-order valence-corrected chi connectivity index (χ1v) is 7.12. The molecule has 1 heterocycles. The fourth-order valence-electron chi connectivity index (χ4n) is 1.96. The number of nitrogens with zero attached hydrogens (tertiary/aromatic N) is 3. The standard InChI is InChI=1S/C17H21N3O/c1-5-13-6-8-14(9-7-13)10-15(16(21)17(2,3)4)20-12-18-11-19-20/h6-12H,5H2,1-4H3/b15-10-. The molecule has 0 atom stereocenters. The zero-order chi connectivity index (χ0) is 15.5. The van der Waals surface area contributed by atoms with E-state index in [2.05, 4.69) is 29.1 Å². The number of rotatable bonds is 4. The molecule has 4 heteroatoms. The van der Waals surface area contributed by atoms with Gasteiger partial charge in [-0.15, -0.1) is 0 Å². The lowest BCUT2D eigenvalue weighted by Gasteiger charge is -2.18. The molecule has 0 saturated heterocycles. The number of carbonyl (C=O) groups excluding carboxylic acids is 1. The summed E-state index contributed by atoms with van der Waals surface area (Å²) in [6, 6.07) is 8.19. The van der Waals surface area contributed by atoms with Crippen molar-refractivity contribution in [2.45, 2.75) is 34.1 Å². The van der Waals surface area contributed by atoms with Crippen LogP contribution in [0.2, 0.25) is 0 Å². The predicted molar refractivity (Wildman–Crippen MR) is 84.5 cm³/mol. The van der Waals surface area contributed by atoms with E-state index in [1.165, 1.54) is 16.6 Å². The van der Waals surface area contributed by atoms with Gasteiger partial charge < -0.3 is 0 Å². The highest BCUT2D eigenvalue weighted by Gasteiger charge is 2.26. The second kappa shape index (κ2) is 6.04. The minimum absolute atomic E-state index is 0.0348. The van der Waals surface area contributed by atoms with Gasteiger partial charge in [0.15, 0.2) is 5.78 Å². The number of hydrogen-bond acceptors (Lipinski definition) is 3. The third-order valence-electron chi connectivity index (χ3n) is 3.27. The lowest BCUT2D eigenvalue weighted by atomic mass is 9.88. The summed E-state index contributed by atoms with van der Waals surface area (Å²) >= 11 is 0. The first-order chi connectivity index (χ1) is 9.91. The quantitative estimate of drug-likeness (QED) is 0.807. The number of Topliss-reactive ketones (excluding diaryl/α,β-unsaturated/α-hetero) is 1. The summed E-state index contributed by atoms with van der Waals surface area (Å²) in [5.41, 5.74) is 2.32. The summed E-state index contributed by atoms with van der Waals surface area (Å²) in [6.07, 6.45) is 5.85. The number of allylic oxidation sites excluding steroid dienone is 1. The Labute approximate surface area is 125 Å². The van der Waals surface area contributed by atoms with Crippen molar-refractivity contribution in [2.75, 3.05) is 0 Å². The van der Waals surface area contributed by atoms with Crippen molar-refractivity contribution in [3.8, 4) is 0 Å². The molecule has 1 aromatic carbocycles. The van der Waals surface area contributed by atoms with Crippen LogP contribution < -0.4 is 0 Å². The maximum Gasteiger partial charge on any atom is 0.186 e. The Balaban J connectivity index is 2.44. The van der Waals surface area contributed by atoms with Crippen molar-refractivity contribution in [2.24, 2.45) is 5.41 Å². The van der Waals surface area contributed by atoms with E-state index in [-0.39, 0.29) is 5.78 Å². The van der Waals surface area contributed by atoms with E-state index in [1.54, 1.807) is 6.33 Å². The van der Waals surface area contributed by atoms with Crippen LogP contribution in [0.15, 0.2) is 36.9 Å². The molecule has 0 unspecified atom stereocenters. The van der Waals surface area contributed by atoms with E-state index in [4.69, 9.17) is 0 Å². The Hall–Kier alpha value is -2.23. The van der Waals surface area contributed by atoms with Gasteiger partial charge >= 0.3 is 0 Å². The van der Waals surface area contributed by atoms with Gasteiger partial charge in [-0.05, 0) is 23.6 Å². The number of aromatic nitrogens is 3. The van der Waals surface area contributed by atoms with Crippen molar-refractivity contribution in [3.05, 3.63) is 48.0 Å². The molecule has 21 heavy (non-hydrogen) atoms. The van der Waals surface area contributed by atoms with E-state index >= 15 is 0 Å². The van der Waals surface area contributed by atoms with Gasteiger partial charge in [0, 0.05) is 5.41 Å². The van der Waals surface area contributed by atoms with E-state index in [1.807, 2.05) is 39.0 Å². The summed E-state index contributed by atoms with van der Waals surface area (Å²) in [7, 11) is 0. The Kier molecular flexibility index (Phi) is 4.36. The largest absolute Gasteiger partial charge is 0.292 e. The molecule has 0 radical (unpaired) electrons. The molecule has 0 fully saturated rings. The van der Waals surface area contributed by atoms with E-state index in [0.29, 0.717) is 5.70 Å². The monoisotopic (exact) mass is 283 g/mol. The molecule has 0 aliphatic carbocycles. The molecule has 0 N–H and O–H groups in total. The predicted octanol–water partition coefficient (Wildman–Crippen LogP) is 3.45. The van der Waals surface area contributed by atoms with Crippen LogP contribution in [0.4, 0.5) is 0 Å². The van der Waals surface area contributed by atoms with Gasteiger partial charge in [0.05, 0.1) is 0 Å². The Bertz CT molecular complexity index is 632. The fraction of sp³-hybridized carbons (Fsp3) is 0.353. The highest BCUT2D eigenvalue weighted by molar-refractivity contribution is 6.21. The molecule has 0 spiro atoms. The minimum Gasteiger partial charge on any atom is -0.292 e. The lowest BCUT2D eigenvalue weighted by molar-refractivity contribution is -0.120. The molecule has 4 nitrogen and oxygen atoms in total. The average Bonchev–Trinajstić information content (AvgIpc) is 2.97. The van der Waals surface area contributed by atoms with E-state index in [0.717, 1.165) is 12.0 Å². The maximum absolute atomic E-state index is 12.6. The van der Waals surface area contributed by atoms with E-state index in [9.17, 15) is 4.79 Å². The molecule has 1 aromatic heterocycles. The highest BCUT2D eigenvalue weighted by atomic mass is 16.1. The van der Waals surface area contributed by atoms with Gasteiger partial charge in [-0.2, -0.15) is 5.10 Å². The topological polar surface area (TPSA) is 47.8 Å².